The van der Waals surface area contributed by atoms with E-state index >= 15 is 0 Å². The number of methoxy groups -OCH3 is 3. The molecule has 0 saturated heterocycles. The summed E-state index contributed by atoms with van der Waals surface area (Å²) >= 11 is 0. The molecule has 0 saturated carbocycles. The highest BCUT2D eigenvalue weighted by molar-refractivity contribution is 5.82. The van der Waals surface area contributed by atoms with Crippen LogP contribution < -0.4 is 24.4 Å². The summed E-state index contributed by atoms with van der Waals surface area (Å²) in [5.74, 6) is 1.58. The largest absolute Gasteiger partial charge is 0.493 e. The summed E-state index contributed by atoms with van der Waals surface area (Å²) in [6.45, 7) is 0. The Morgan fingerprint density at radius 2 is 1.56 bits per heavy atom. The Bertz CT molecular complexity index is 1350. The summed E-state index contributed by atoms with van der Waals surface area (Å²) in [6.07, 6.45) is 0.810. The van der Waals surface area contributed by atoms with Crippen LogP contribution >= 0.6 is 0 Å². The molecule has 3 aromatic carbocycles. The molecule has 1 aromatic heterocycles. The Labute approximate surface area is 196 Å². The summed E-state index contributed by atoms with van der Waals surface area (Å²) in [4.78, 5) is 25.1. The first-order valence-corrected chi connectivity index (χ1v) is 10.6. The molecule has 7 heteroatoms. The molecule has 0 aliphatic rings. The average molecular weight is 460 g/mol. The van der Waals surface area contributed by atoms with E-state index in [1.807, 2.05) is 30.3 Å². The molecule has 7 nitrogen and oxygen atoms in total. The minimum absolute atomic E-state index is 0.233. The number of benzene rings is 3. The molecule has 174 valence electrons. The minimum Gasteiger partial charge on any atom is -0.493 e. The molecule has 0 unspecified atom stereocenters. The van der Waals surface area contributed by atoms with Crippen molar-refractivity contribution in [2.75, 3.05) is 21.3 Å². The number of carbonyl (C=O) groups is 1. The molecule has 0 aliphatic carbocycles. The third-order valence-electron chi connectivity index (χ3n) is 5.34. The van der Waals surface area contributed by atoms with Gasteiger partial charge in [0.25, 0.3) is 0 Å². The summed E-state index contributed by atoms with van der Waals surface area (Å²) in [5, 5.41) is 0.310. The van der Waals surface area contributed by atoms with Crippen LogP contribution in [-0.4, -0.2) is 27.3 Å². The van der Waals surface area contributed by atoms with Gasteiger partial charge in [0.2, 0.25) is 5.75 Å². The van der Waals surface area contributed by atoms with Crippen LogP contribution in [0.1, 0.15) is 12.0 Å². The van der Waals surface area contributed by atoms with Gasteiger partial charge < -0.3 is 23.4 Å². The molecular formula is C27H24O7. The van der Waals surface area contributed by atoms with Gasteiger partial charge in [-0.05, 0) is 42.3 Å². The number of ether oxygens (including phenoxy) is 4. The second-order valence-corrected chi connectivity index (χ2v) is 7.51. The van der Waals surface area contributed by atoms with Crippen LogP contribution in [0.2, 0.25) is 0 Å². The monoisotopic (exact) mass is 460 g/mol. The standard InChI is InChI=1S/C27H24O7/c1-30-24-13-18(14-25(31-2)27(24)32-3)23-16-21(28)20-15-19(10-11-22(20)34-23)33-26(29)12-9-17-7-5-4-6-8-17/h4-8,10-11,13-16H,9,12H2,1-3H3. The Balaban J connectivity index is 1.59. The lowest BCUT2D eigenvalue weighted by molar-refractivity contribution is -0.134. The van der Waals surface area contributed by atoms with Gasteiger partial charge in [0.1, 0.15) is 17.1 Å². The fraction of sp³-hybridized carbons (Fsp3) is 0.185. The van der Waals surface area contributed by atoms with Gasteiger partial charge in [-0.2, -0.15) is 0 Å². The Morgan fingerprint density at radius 1 is 0.853 bits per heavy atom. The summed E-state index contributed by atoms with van der Waals surface area (Å²) in [7, 11) is 4.54. The van der Waals surface area contributed by atoms with Crippen molar-refractivity contribution in [3.8, 4) is 34.3 Å². The lowest BCUT2D eigenvalue weighted by atomic mass is 10.1. The predicted octanol–water partition coefficient (Wildman–Crippen LogP) is 5.02. The van der Waals surface area contributed by atoms with Crippen LogP contribution in [0.5, 0.6) is 23.0 Å². The van der Waals surface area contributed by atoms with Gasteiger partial charge in [-0.1, -0.05) is 30.3 Å². The number of esters is 1. The number of carbonyl (C=O) groups excluding carboxylic acids is 1. The van der Waals surface area contributed by atoms with E-state index in [-0.39, 0.29) is 17.8 Å². The molecule has 0 spiro atoms. The van der Waals surface area contributed by atoms with Crippen molar-refractivity contribution < 1.29 is 28.2 Å². The van der Waals surface area contributed by atoms with Crippen molar-refractivity contribution in [2.45, 2.75) is 12.8 Å². The van der Waals surface area contributed by atoms with Crippen LogP contribution in [0.3, 0.4) is 0 Å². The molecule has 0 bridgehead atoms. The zero-order valence-electron chi connectivity index (χ0n) is 19.1. The van der Waals surface area contributed by atoms with E-state index < -0.39 is 0 Å². The van der Waals surface area contributed by atoms with Crippen LogP contribution in [0.25, 0.3) is 22.3 Å². The molecule has 0 amide bonds. The Hall–Kier alpha value is -4.26. The van der Waals surface area contributed by atoms with Gasteiger partial charge in [0.05, 0.1) is 26.7 Å². The fourth-order valence-electron chi connectivity index (χ4n) is 3.64. The summed E-state index contributed by atoms with van der Waals surface area (Å²) < 4.78 is 27.5. The summed E-state index contributed by atoms with van der Waals surface area (Å²) in [6, 6.07) is 19.2. The van der Waals surface area contributed by atoms with Crippen molar-refractivity contribution in [2.24, 2.45) is 0 Å². The maximum atomic E-state index is 12.9. The highest BCUT2D eigenvalue weighted by Gasteiger charge is 2.17. The van der Waals surface area contributed by atoms with E-state index in [1.165, 1.54) is 33.5 Å². The Kier molecular flexibility index (Phi) is 6.82. The van der Waals surface area contributed by atoms with Crippen molar-refractivity contribution in [1.29, 1.82) is 0 Å². The van der Waals surface area contributed by atoms with Crippen LogP contribution in [0.4, 0.5) is 0 Å². The molecule has 0 N–H and O–H groups in total. The van der Waals surface area contributed by atoms with Gasteiger partial charge in [0, 0.05) is 18.1 Å². The highest BCUT2D eigenvalue weighted by Crippen LogP contribution is 2.41. The van der Waals surface area contributed by atoms with Gasteiger partial charge in [-0.3, -0.25) is 9.59 Å². The molecule has 0 aliphatic heterocycles. The van der Waals surface area contributed by atoms with E-state index in [0.29, 0.717) is 51.7 Å². The average Bonchev–Trinajstić information content (AvgIpc) is 2.87. The van der Waals surface area contributed by atoms with E-state index in [0.717, 1.165) is 5.56 Å². The zero-order valence-corrected chi connectivity index (χ0v) is 19.1. The zero-order chi connectivity index (χ0) is 24.1. The molecule has 0 atom stereocenters. The quantitative estimate of drug-likeness (QED) is 0.269. The molecular weight excluding hydrogens is 436 g/mol. The first-order valence-electron chi connectivity index (χ1n) is 10.6. The van der Waals surface area contributed by atoms with E-state index in [2.05, 4.69) is 0 Å². The van der Waals surface area contributed by atoms with Crippen molar-refractivity contribution in [3.05, 3.63) is 82.5 Å². The lowest BCUT2D eigenvalue weighted by Crippen LogP contribution is -2.09. The topological polar surface area (TPSA) is 84.2 Å². The minimum atomic E-state index is -0.373. The van der Waals surface area contributed by atoms with Gasteiger partial charge in [-0.15, -0.1) is 0 Å². The second-order valence-electron chi connectivity index (χ2n) is 7.51. The molecule has 34 heavy (non-hydrogen) atoms. The molecule has 4 aromatic rings. The van der Waals surface area contributed by atoms with Gasteiger partial charge >= 0.3 is 5.97 Å². The maximum absolute atomic E-state index is 12.9. The van der Waals surface area contributed by atoms with E-state index in [4.69, 9.17) is 23.4 Å². The van der Waals surface area contributed by atoms with Gasteiger partial charge in [-0.25, -0.2) is 0 Å². The number of fused-ring (bicyclic) bond motifs is 1. The number of hydrogen-bond donors (Lipinski definition) is 0. The third kappa shape index (κ3) is 4.88. The molecule has 0 radical (unpaired) electrons. The molecule has 1 heterocycles. The van der Waals surface area contributed by atoms with Crippen LogP contribution in [0.15, 0.2) is 75.9 Å². The lowest BCUT2D eigenvalue weighted by Gasteiger charge is -2.14. The Morgan fingerprint density at radius 3 is 2.21 bits per heavy atom. The van der Waals surface area contributed by atoms with E-state index in [1.54, 1.807) is 24.3 Å². The second kappa shape index (κ2) is 10.1. The van der Waals surface area contributed by atoms with Crippen molar-refractivity contribution in [1.82, 2.24) is 0 Å². The predicted molar refractivity (Wildman–Crippen MR) is 128 cm³/mol. The van der Waals surface area contributed by atoms with Gasteiger partial charge in [0.15, 0.2) is 16.9 Å². The van der Waals surface area contributed by atoms with E-state index in [9.17, 15) is 9.59 Å². The number of rotatable bonds is 8. The normalized spacial score (nSPS) is 10.7. The number of hydrogen-bond acceptors (Lipinski definition) is 7. The fourth-order valence-corrected chi connectivity index (χ4v) is 3.64. The van der Waals surface area contributed by atoms with Crippen LogP contribution in [0, 0.1) is 0 Å². The first-order chi connectivity index (χ1) is 16.5. The van der Waals surface area contributed by atoms with Crippen molar-refractivity contribution >= 4 is 16.9 Å². The smallest absolute Gasteiger partial charge is 0.311 e. The molecule has 0 fully saturated rings. The first kappa shape index (κ1) is 22.9. The van der Waals surface area contributed by atoms with Crippen LogP contribution in [-0.2, 0) is 11.2 Å². The number of aryl methyl sites for hydroxylation is 1. The highest BCUT2D eigenvalue weighted by atomic mass is 16.5. The summed E-state index contributed by atoms with van der Waals surface area (Å²) in [5.41, 5.74) is 1.73. The maximum Gasteiger partial charge on any atom is 0.311 e. The molecule has 4 rings (SSSR count). The van der Waals surface area contributed by atoms with Crippen molar-refractivity contribution in [3.63, 3.8) is 0 Å². The third-order valence-corrected chi connectivity index (χ3v) is 5.34. The SMILES string of the molecule is COc1cc(-c2cc(=O)c3cc(OC(=O)CCc4ccccc4)ccc3o2)cc(OC)c1OC.